The van der Waals surface area contributed by atoms with Gasteiger partial charge >= 0.3 is 0 Å². The summed E-state index contributed by atoms with van der Waals surface area (Å²) in [5.41, 5.74) is -0.297. The van der Waals surface area contributed by atoms with Crippen molar-refractivity contribution in [2.75, 3.05) is 6.61 Å². The lowest BCUT2D eigenvalue weighted by Gasteiger charge is -2.27. The molecular weight excluding hydrogens is 272 g/mol. The maximum atomic E-state index is 9.85. The fraction of sp³-hybridized carbons (Fsp3) is 0.467. The Bertz CT molecular complexity index is 605. The first kappa shape index (κ1) is 15.3. The molecule has 0 saturated heterocycles. The quantitative estimate of drug-likeness (QED) is 0.795. The van der Waals surface area contributed by atoms with Gasteiger partial charge in [0.25, 0.3) is 5.89 Å². The highest BCUT2D eigenvalue weighted by atomic mass is 16.5. The van der Waals surface area contributed by atoms with Crippen molar-refractivity contribution in [1.29, 1.82) is 0 Å². The standard InChI is InChI=1S/C15H20N2O4/c1-4-15(5-2,20-6-3)14-16-13(21-17-14)11-9-10(18)7-8-12(11)19/h7-9,18-19H,4-6H2,1-3H3. The molecule has 2 rings (SSSR count). The number of rotatable bonds is 6. The first-order valence-corrected chi connectivity index (χ1v) is 7.06. The van der Waals surface area contributed by atoms with E-state index >= 15 is 0 Å². The van der Waals surface area contributed by atoms with Gasteiger partial charge < -0.3 is 19.5 Å². The molecule has 2 N–H and O–H groups in total. The van der Waals surface area contributed by atoms with Gasteiger partial charge in [-0.15, -0.1) is 0 Å². The Morgan fingerprint density at radius 3 is 2.52 bits per heavy atom. The lowest BCUT2D eigenvalue weighted by molar-refractivity contribution is -0.0583. The van der Waals surface area contributed by atoms with E-state index < -0.39 is 5.60 Å². The van der Waals surface area contributed by atoms with E-state index in [1.165, 1.54) is 18.2 Å². The summed E-state index contributed by atoms with van der Waals surface area (Å²) in [7, 11) is 0. The average molecular weight is 292 g/mol. The van der Waals surface area contributed by atoms with Crippen molar-refractivity contribution in [3.8, 4) is 23.0 Å². The second-order valence-corrected chi connectivity index (χ2v) is 4.76. The lowest BCUT2D eigenvalue weighted by Crippen LogP contribution is -2.29. The third kappa shape index (κ3) is 2.85. The van der Waals surface area contributed by atoms with Crippen molar-refractivity contribution in [1.82, 2.24) is 10.1 Å². The summed E-state index contributed by atoms with van der Waals surface area (Å²) in [6.07, 6.45) is 1.42. The van der Waals surface area contributed by atoms with E-state index in [0.717, 1.165) is 0 Å². The van der Waals surface area contributed by atoms with Crippen LogP contribution in [0, 0.1) is 0 Å². The molecule has 6 nitrogen and oxygen atoms in total. The second kappa shape index (κ2) is 6.13. The van der Waals surface area contributed by atoms with Crippen molar-refractivity contribution < 1.29 is 19.5 Å². The highest BCUT2D eigenvalue weighted by Crippen LogP contribution is 2.35. The third-order valence-corrected chi connectivity index (χ3v) is 3.61. The molecular formula is C15H20N2O4. The fourth-order valence-electron chi connectivity index (χ4n) is 2.32. The van der Waals surface area contributed by atoms with Crippen molar-refractivity contribution >= 4 is 0 Å². The van der Waals surface area contributed by atoms with Crippen molar-refractivity contribution in [2.45, 2.75) is 39.2 Å². The number of aromatic hydroxyl groups is 2. The number of hydrogen-bond acceptors (Lipinski definition) is 6. The van der Waals surface area contributed by atoms with E-state index in [4.69, 9.17) is 9.26 Å². The molecule has 0 aliphatic rings. The number of ether oxygens (including phenoxy) is 1. The Hall–Kier alpha value is -2.08. The van der Waals surface area contributed by atoms with Gasteiger partial charge in [0.1, 0.15) is 17.1 Å². The molecule has 0 saturated carbocycles. The van der Waals surface area contributed by atoms with Gasteiger partial charge in [0.15, 0.2) is 0 Å². The number of aromatic nitrogens is 2. The first-order chi connectivity index (χ1) is 10.1. The van der Waals surface area contributed by atoms with Crippen LogP contribution in [-0.2, 0) is 10.3 Å². The summed E-state index contributed by atoms with van der Waals surface area (Å²) in [6, 6.07) is 4.15. The number of phenolic OH excluding ortho intramolecular Hbond substituents is 2. The maximum absolute atomic E-state index is 9.85. The summed E-state index contributed by atoms with van der Waals surface area (Å²) in [5, 5.41) is 23.4. The Morgan fingerprint density at radius 1 is 1.19 bits per heavy atom. The molecule has 0 fully saturated rings. The molecule has 6 heteroatoms. The van der Waals surface area contributed by atoms with E-state index in [1.54, 1.807) is 0 Å². The van der Waals surface area contributed by atoms with Gasteiger partial charge in [-0.25, -0.2) is 0 Å². The molecule has 2 aromatic rings. The van der Waals surface area contributed by atoms with Crippen LogP contribution >= 0.6 is 0 Å². The van der Waals surface area contributed by atoms with E-state index in [1.807, 2.05) is 20.8 Å². The molecule has 1 aromatic heterocycles. The van der Waals surface area contributed by atoms with Crippen LogP contribution in [0.15, 0.2) is 22.7 Å². The van der Waals surface area contributed by atoms with Crippen molar-refractivity contribution in [3.05, 3.63) is 24.0 Å². The van der Waals surface area contributed by atoms with E-state index in [0.29, 0.717) is 30.8 Å². The van der Waals surface area contributed by atoms with Crippen LogP contribution in [0.3, 0.4) is 0 Å². The fourth-order valence-corrected chi connectivity index (χ4v) is 2.32. The zero-order valence-electron chi connectivity index (χ0n) is 12.5. The third-order valence-electron chi connectivity index (χ3n) is 3.61. The van der Waals surface area contributed by atoms with Crippen LogP contribution in [0.4, 0.5) is 0 Å². The maximum Gasteiger partial charge on any atom is 0.261 e. The molecule has 1 aromatic carbocycles. The summed E-state index contributed by atoms with van der Waals surface area (Å²) in [6.45, 7) is 6.47. The Morgan fingerprint density at radius 2 is 1.90 bits per heavy atom. The molecule has 21 heavy (non-hydrogen) atoms. The van der Waals surface area contributed by atoms with Gasteiger partial charge in [0.05, 0.1) is 5.56 Å². The molecule has 0 aliphatic heterocycles. The van der Waals surface area contributed by atoms with Gasteiger partial charge in [-0.2, -0.15) is 4.98 Å². The highest BCUT2D eigenvalue weighted by Gasteiger charge is 2.34. The predicted molar refractivity (Wildman–Crippen MR) is 76.9 cm³/mol. The topological polar surface area (TPSA) is 88.6 Å². The molecule has 0 unspecified atom stereocenters. The molecule has 114 valence electrons. The molecule has 0 radical (unpaired) electrons. The number of nitrogens with zero attached hydrogens (tertiary/aromatic N) is 2. The summed E-state index contributed by atoms with van der Waals surface area (Å²) in [4.78, 5) is 4.34. The van der Waals surface area contributed by atoms with Gasteiger partial charge in [-0.3, -0.25) is 0 Å². The minimum Gasteiger partial charge on any atom is -0.508 e. The second-order valence-electron chi connectivity index (χ2n) is 4.76. The van der Waals surface area contributed by atoms with Gasteiger partial charge in [-0.05, 0) is 38.0 Å². The highest BCUT2D eigenvalue weighted by molar-refractivity contribution is 5.64. The predicted octanol–water partition coefficient (Wildman–Crippen LogP) is 3.20. The zero-order valence-corrected chi connectivity index (χ0v) is 12.5. The number of benzene rings is 1. The van der Waals surface area contributed by atoms with Crippen LogP contribution in [0.5, 0.6) is 11.5 Å². The normalized spacial score (nSPS) is 11.8. The number of hydrogen-bond donors (Lipinski definition) is 2. The SMILES string of the molecule is CCOC(CC)(CC)c1noc(-c2cc(O)ccc2O)n1. The van der Waals surface area contributed by atoms with E-state index in [9.17, 15) is 10.2 Å². The first-order valence-electron chi connectivity index (χ1n) is 7.06. The average Bonchev–Trinajstić information content (AvgIpc) is 2.97. The summed E-state index contributed by atoms with van der Waals surface area (Å²) < 4.78 is 11.1. The molecule has 0 atom stereocenters. The van der Waals surface area contributed by atoms with Gasteiger partial charge in [-0.1, -0.05) is 19.0 Å². The van der Waals surface area contributed by atoms with Crippen molar-refractivity contribution in [3.63, 3.8) is 0 Å². The largest absolute Gasteiger partial charge is 0.508 e. The van der Waals surface area contributed by atoms with Gasteiger partial charge in [0.2, 0.25) is 5.82 Å². The van der Waals surface area contributed by atoms with Gasteiger partial charge in [0, 0.05) is 6.61 Å². The summed E-state index contributed by atoms with van der Waals surface area (Å²) in [5.74, 6) is 0.596. The van der Waals surface area contributed by atoms with E-state index in [2.05, 4.69) is 10.1 Å². The summed E-state index contributed by atoms with van der Waals surface area (Å²) >= 11 is 0. The van der Waals surface area contributed by atoms with Crippen molar-refractivity contribution in [2.24, 2.45) is 0 Å². The molecule has 1 heterocycles. The minimum absolute atomic E-state index is 0.0182. The zero-order chi connectivity index (χ0) is 15.5. The number of phenols is 2. The lowest BCUT2D eigenvalue weighted by atomic mass is 9.96. The van der Waals surface area contributed by atoms with Crippen LogP contribution < -0.4 is 0 Å². The Balaban J connectivity index is 2.43. The molecule has 0 amide bonds. The smallest absolute Gasteiger partial charge is 0.261 e. The Kier molecular flexibility index (Phi) is 4.47. The van der Waals surface area contributed by atoms with Crippen LogP contribution in [-0.4, -0.2) is 27.0 Å². The van der Waals surface area contributed by atoms with Crippen LogP contribution in [0.1, 0.15) is 39.4 Å². The van der Waals surface area contributed by atoms with Crippen LogP contribution in [0.25, 0.3) is 11.5 Å². The monoisotopic (exact) mass is 292 g/mol. The minimum atomic E-state index is -0.594. The van der Waals surface area contributed by atoms with Crippen LogP contribution in [0.2, 0.25) is 0 Å². The van der Waals surface area contributed by atoms with E-state index in [-0.39, 0.29) is 17.4 Å². The molecule has 0 aliphatic carbocycles. The molecule has 0 bridgehead atoms. The Labute approximate surface area is 123 Å². The molecule has 0 spiro atoms.